The molecule has 0 atom stereocenters. The van der Waals surface area contributed by atoms with Crippen LogP contribution in [0.1, 0.15) is 26.5 Å². The van der Waals surface area contributed by atoms with Crippen LogP contribution in [-0.2, 0) is 0 Å². The minimum Gasteiger partial charge on any atom is -0.345 e. The number of H-pyrrole nitrogens is 1. The van der Waals surface area contributed by atoms with Gasteiger partial charge in [-0.05, 0) is 29.8 Å². The molecule has 2 aromatic rings. The first-order valence-corrected chi connectivity index (χ1v) is 5.86. The van der Waals surface area contributed by atoms with Crippen molar-refractivity contribution in [2.45, 2.75) is 6.92 Å². The number of benzene rings is 1. The minimum atomic E-state index is -0.490. The molecule has 1 aromatic carbocycles. The van der Waals surface area contributed by atoms with Gasteiger partial charge in [-0.3, -0.25) is 9.59 Å². The number of nitrogens with zero attached hydrogens (tertiary/aromatic N) is 4. The maximum absolute atomic E-state index is 11.9. The van der Waals surface area contributed by atoms with Gasteiger partial charge in [0.15, 0.2) is 0 Å². The molecule has 0 bridgehead atoms. The van der Waals surface area contributed by atoms with Crippen LogP contribution in [0.5, 0.6) is 0 Å². The molecule has 0 saturated heterocycles. The summed E-state index contributed by atoms with van der Waals surface area (Å²) in [7, 11) is 3.33. The Hall–Kier alpha value is -2.77. The summed E-state index contributed by atoms with van der Waals surface area (Å²) in [5.74, 6) is -0.690. The Labute approximate surface area is 115 Å². The normalized spacial score (nSPS) is 10.2. The Kier molecular flexibility index (Phi) is 3.74. The van der Waals surface area contributed by atoms with Gasteiger partial charge in [-0.1, -0.05) is 6.07 Å². The molecule has 2 amide bonds. The van der Waals surface area contributed by atoms with Gasteiger partial charge >= 0.3 is 0 Å². The largest absolute Gasteiger partial charge is 0.345 e. The molecule has 1 aromatic heterocycles. The molecule has 2 N–H and O–H groups in total. The molecule has 0 fully saturated rings. The molecule has 104 valence electrons. The van der Waals surface area contributed by atoms with Gasteiger partial charge in [0, 0.05) is 25.3 Å². The number of hydrogen-bond acceptors (Lipinski definition) is 5. The first-order chi connectivity index (χ1) is 9.49. The number of aromatic amines is 1. The SMILES string of the molecule is Cc1ccc(C(=O)N(C)C)cc1NC(=O)c1nn[nH]n1. The smallest absolute Gasteiger partial charge is 0.297 e. The van der Waals surface area contributed by atoms with E-state index in [1.54, 1.807) is 32.3 Å². The van der Waals surface area contributed by atoms with Gasteiger partial charge in [0.2, 0.25) is 0 Å². The zero-order valence-corrected chi connectivity index (χ0v) is 11.3. The second kappa shape index (κ2) is 5.47. The monoisotopic (exact) mass is 274 g/mol. The van der Waals surface area contributed by atoms with Crippen LogP contribution in [0.15, 0.2) is 18.2 Å². The zero-order valence-electron chi connectivity index (χ0n) is 11.3. The van der Waals surface area contributed by atoms with E-state index in [2.05, 4.69) is 25.9 Å². The van der Waals surface area contributed by atoms with E-state index in [9.17, 15) is 9.59 Å². The van der Waals surface area contributed by atoms with Crippen LogP contribution in [0.3, 0.4) is 0 Å². The Bertz CT molecular complexity index is 635. The summed E-state index contributed by atoms with van der Waals surface area (Å²) in [6.07, 6.45) is 0. The fourth-order valence-corrected chi connectivity index (χ4v) is 1.58. The maximum Gasteiger partial charge on any atom is 0.297 e. The van der Waals surface area contributed by atoms with Crippen LogP contribution >= 0.6 is 0 Å². The van der Waals surface area contributed by atoms with E-state index in [0.717, 1.165) is 5.56 Å². The zero-order chi connectivity index (χ0) is 14.7. The van der Waals surface area contributed by atoms with Crippen LogP contribution < -0.4 is 5.32 Å². The van der Waals surface area contributed by atoms with Gasteiger partial charge in [-0.2, -0.15) is 5.21 Å². The first-order valence-electron chi connectivity index (χ1n) is 5.86. The summed E-state index contributed by atoms with van der Waals surface area (Å²) in [5, 5.41) is 15.4. The van der Waals surface area contributed by atoms with Crippen LogP contribution in [-0.4, -0.2) is 51.4 Å². The lowest BCUT2D eigenvalue weighted by Crippen LogP contribution is -2.22. The molecule has 0 radical (unpaired) electrons. The highest BCUT2D eigenvalue weighted by atomic mass is 16.2. The number of amides is 2. The third kappa shape index (κ3) is 2.79. The molecule has 0 aliphatic carbocycles. The highest BCUT2D eigenvalue weighted by Gasteiger charge is 2.14. The summed E-state index contributed by atoms with van der Waals surface area (Å²) in [4.78, 5) is 25.2. The number of hydrogen-bond donors (Lipinski definition) is 2. The van der Waals surface area contributed by atoms with Crippen molar-refractivity contribution in [1.82, 2.24) is 25.5 Å². The third-order valence-electron chi connectivity index (χ3n) is 2.69. The molecule has 20 heavy (non-hydrogen) atoms. The number of carbonyl (C=O) groups is 2. The van der Waals surface area contributed by atoms with Crippen molar-refractivity contribution >= 4 is 17.5 Å². The fourth-order valence-electron chi connectivity index (χ4n) is 1.58. The van der Waals surface area contributed by atoms with E-state index < -0.39 is 5.91 Å². The van der Waals surface area contributed by atoms with E-state index in [-0.39, 0.29) is 11.7 Å². The van der Waals surface area contributed by atoms with Crippen molar-refractivity contribution in [3.8, 4) is 0 Å². The Morgan fingerprint density at radius 1 is 1.30 bits per heavy atom. The lowest BCUT2D eigenvalue weighted by molar-refractivity contribution is 0.0827. The predicted molar refractivity (Wildman–Crippen MR) is 71.3 cm³/mol. The summed E-state index contributed by atoms with van der Waals surface area (Å²) >= 11 is 0. The van der Waals surface area contributed by atoms with Crippen molar-refractivity contribution in [2.24, 2.45) is 0 Å². The van der Waals surface area contributed by atoms with Gasteiger partial charge in [0.05, 0.1) is 0 Å². The number of tetrazole rings is 1. The molecule has 2 rings (SSSR count). The van der Waals surface area contributed by atoms with E-state index in [1.807, 2.05) is 6.92 Å². The summed E-state index contributed by atoms with van der Waals surface area (Å²) < 4.78 is 0. The van der Waals surface area contributed by atoms with Crippen molar-refractivity contribution < 1.29 is 9.59 Å². The molecule has 8 heteroatoms. The standard InChI is InChI=1S/C12H14N6O2/c1-7-4-5-8(12(20)18(2)3)6-9(7)13-11(19)10-14-16-17-15-10/h4-6H,1-3H3,(H,13,19)(H,14,15,16,17). The number of rotatable bonds is 3. The number of carbonyl (C=O) groups excluding carboxylic acids is 2. The molecule has 8 nitrogen and oxygen atoms in total. The molecule has 0 spiro atoms. The van der Waals surface area contributed by atoms with Gasteiger partial charge in [-0.25, -0.2) is 0 Å². The Morgan fingerprint density at radius 3 is 2.65 bits per heavy atom. The maximum atomic E-state index is 11.9. The van der Waals surface area contributed by atoms with Gasteiger partial charge in [0.25, 0.3) is 17.6 Å². The Morgan fingerprint density at radius 2 is 2.05 bits per heavy atom. The average Bonchev–Trinajstić information content (AvgIpc) is 2.94. The average molecular weight is 274 g/mol. The van der Waals surface area contributed by atoms with E-state index in [0.29, 0.717) is 11.3 Å². The van der Waals surface area contributed by atoms with Crippen molar-refractivity contribution in [3.05, 3.63) is 35.2 Å². The predicted octanol–water partition coefficient (Wildman–Crippen LogP) is 0.462. The van der Waals surface area contributed by atoms with Crippen LogP contribution in [0.2, 0.25) is 0 Å². The molecule has 1 heterocycles. The lowest BCUT2D eigenvalue weighted by atomic mass is 10.1. The topological polar surface area (TPSA) is 104 Å². The van der Waals surface area contributed by atoms with Crippen molar-refractivity contribution in [3.63, 3.8) is 0 Å². The highest BCUT2D eigenvalue weighted by molar-refractivity contribution is 6.03. The molecule has 0 saturated carbocycles. The van der Waals surface area contributed by atoms with Crippen LogP contribution in [0, 0.1) is 6.92 Å². The lowest BCUT2D eigenvalue weighted by Gasteiger charge is -2.13. The number of aryl methyl sites for hydroxylation is 1. The van der Waals surface area contributed by atoms with Crippen molar-refractivity contribution in [1.29, 1.82) is 0 Å². The van der Waals surface area contributed by atoms with Crippen LogP contribution in [0.4, 0.5) is 5.69 Å². The summed E-state index contributed by atoms with van der Waals surface area (Å²) in [5.41, 5.74) is 1.86. The number of aromatic nitrogens is 4. The van der Waals surface area contributed by atoms with E-state index >= 15 is 0 Å². The first kappa shape index (κ1) is 13.7. The molecule has 0 unspecified atom stereocenters. The van der Waals surface area contributed by atoms with Gasteiger partial charge in [0.1, 0.15) is 0 Å². The second-order valence-electron chi connectivity index (χ2n) is 4.42. The minimum absolute atomic E-state index is 0.0614. The number of nitrogens with one attached hydrogen (secondary N) is 2. The highest BCUT2D eigenvalue weighted by Crippen LogP contribution is 2.18. The van der Waals surface area contributed by atoms with Crippen molar-refractivity contribution in [2.75, 3.05) is 19.4 Å². The van der Waals surface area contributed by atoms with E-state index in [1.165, 1.54) is 4.90 Å². The van der Waals surface area contributed by atoms with Gasteiger partial charge < -0.3 is 10.2 Å². The molecule has 0 aliphatic heterocycles. The molecular weight excluding hydrogens is 260 g/mol. The molecule has 0 aliphatic rings. The van der Waals surface area contributed by atoms with E-state index in [4.69, 9.17) is 0 Å². The van der Waals surface area contributed by atoms with Crippen LogP contribution in [0.25, 0.3) is 0 Å². The summed E-state index contributed by atoms with van der Waals surface area (Å²) in [6, 6.07) is 5.10. The fraction of sp³-hybridized carbons (Fsp3) is 0.250. The third-order valence-corrected chi connectivity index (χ3v) is 2.69. The Balaban J connectivity index is 2.25. The molecular formula is C12H14N6O2. The van der Waals surface area contributed by atoms with Gasteiger partial charge in [-0.15, -0.1) is 10.2 Å². The number of anilines is 1. The summed E-state index contributed by atoms with van der Waals surface area (Å²) in [6.45, 7) is 1.83. The quantitative estimate of drug-likeness (QED) is 0.846. The second-order valence-corrected chi connectivity index (χ2v) is 4.42.